The van der Waals surface area contributed by atoms with E-state index in [9.17, 15) is 9.59 Å². The maximum absolute atomic E-state index is 12.9. The second-order valence-electron chi connectivity index (χ2n) is 7.55. The summed E-state index contributed by atoms with van der Waals surface area (Å²) in [6, 6.07) is 7.60. The molecular weight excluding hydrogens is 428 g/mol. The predicted molar refractivity (Wildman–Crippen MR) is 124 cm³/mol. The maximum atomic E-state index is 12.9. The lowest BCUT2D eigenvalue weighted by Gasteiger charge is -2.22. The number of ether oxygens (including phenoxy) is 5. The minimum Gasteiger partial charge on any atom is -0.497 e. The Bertz CT molecular complexity index is 928. The smallest absolute Gasteiger partial charge is 0.252 e. The van der Waals surface area contributed by atoms with Crippen LogP contribution in [0.15, 0.2) is 30.3 Å². The van der Waals surface area contributed by atoms with E-state index >= 15 is 0 Å². The van der Waals surface area contributed by atoms with Crippen LogP contribution in [0.5, 0.6) is 28.7 Å². The van der Waals surface area contributed by atoms with Crippen molar-refractivity contribution in [2.75, 3.05) is 35.5 Å². The molecule has 0 aliphatic heterocycles. The monoisotopic (exact) mass is 460 g/mol. The molecule has 0 aromatic heterocycles. The molecule has 180 valence electrons. The Morgan fingerprint density at radius 1 is 0.788 bits per heavy atom. The summed E-state index contributed by atoms with van der Waals surface area (Å²) >= 11 is 0. The molecule has 2 aromatic carbocycles. The van der Waals surface area contributed by atoms with Crippen LogP contribution < -0.4 is 34.3 Å². The minimum atomic E-state index is -0.753. The maximum Gasteiger partial charge on any atom is 0.252 e. The van der Waals surface area contributed by atoms with E-state index in [1.54, 1.807) is 30.3 Å². The number of rotatable bonds is 11. The third-order valence-electron chi connectivity index (χ3n) is 5.04. The van der Waals surface area contributed by atoms with Gasteiger partial charge in [-0.05, 0) is 35.7 Å². The number of carbonyl (C=O) groups excluding carboxylic acids is 2. The number of methoxy groups -OCH3 is 5. The number of benzene rings is 2. The quantitative estimate of drug-likeness (QED) is 0.531. The molecule has 9 heteroatoms. The Balaban J connectivity index is 2.16. The normalized spacial score (nSPS) is 11.4. The van der Waals surface area contributed by atoms with Gasteiger partial charge in [-0.15, -0.1) is 0 Å². The van der Waals surface area contributed by atoms with E-state index < -0.39 is 11.9 Å². The van der Waals surface area contributed by atoms with Gasteiger partial charge in [-0.25, -0.2) is 0 Å². The van der Waals surface area contributed by atoms with Crippen molar-refractivity contribution in [2.45, 2.75) is 26.4 Å². The van der Waals surface area contributed by atoms with Crippen molar-refractivity contribution in [3.8, 4) is 28.7 Å². The summed E-state index contributed by atoms with van der Waals surface area (Å²) in [7, 11) is 7.58. The van der Waals surface area contributed by atoms with Crippen molar-refractivity contribution in [1.29, 1.82) is 0 Å². The van der Waals surface area contributed by atoms with Gasteiger partial charge in [-0.3, -0.25) is 9.59 Å². The van der Waals surface area contributed by atoms with E-state index in [-0.39, 0.29) is 18.4 Å². The van der Waals surface area contributed by atoms with Crippen LogP contribution >= 0.6 is 0 Å². The first kappa shape index (κ1) is 25.6. The molecule has 2 amide bonds. The molecule has 0 fully saturated rings. The molecule has 33 heavy (non-hydrogen) atoms. The summed E-state index contributed by atoms with van der Waals surface area (Å²) in [6.45, 7) is 3.92. The summed E-state index contributed by atoms with van der Waals surface area (Å²) < 4.78 is 26.5. The highest BCUT2D eigenvalue weighted by Gasteiger charge is 2.25. The van der Waals surface area contributed by atoms with Crippen molar-refractivity contribution in [1.82, 2.24) is 10.6 Å². The molecule has 0 heterocycles. The van der Waals surface area contributed by atoms with Crippen LogP contribution in [0.2, 0.25) is 0 Å². The Morgan fingerprint density at radius 2 is 1.33 bits per heavy atom. The molecule has 9 nitrogen and oxygen atoms in total. The third kappa shape index (κ3) is 6.44. The molecule has 0 unspecified atom stereocenters. The van der Waals surface area contributed by atoms with Gasteiger partial charge in [0, 0.05) is 18.2 Å². The van der Waals surface area contributed by atoms with Gasteiger partial charge >= 0.3 is 0 Å². The van der Waals surface area contributed by atoms with Crippen molar-refractivity contribution >= 4 is 11.8 Å². The van der Waals surface area contributed by atoms with Gasteiger partial charge in [-0.2, -0.15) is 0 Å². The van der Waals surface area contributed by atoms with Crippen LogP contribution in [0, 0.1) is 5.92 Å². The number of hydrogen-bond acceptors (Lipinski definition) is 7. The molecule has 2 aromatic rings. The van der Waals surface area contributed by atoms with Gasteiger partial charge in [0.2, 0.25) is 11.7 Å². The molecule has 0 saturated carbocycles. The van der Waals surface area contributed by atoms with Crippen LogP contribution in [-0.2, 0) is 11.3 Å². The molecule has 2 N–H and O–H groups in total. The Kier molecular flexibility index (Phi) is 9.20. The Morgan fingerprint density at radius 3 is 1.76 bits per heavy atom. The van der Waals surface area contributed by atoms with Gasteiger partial charge in [0.25, 0.3) is 5.91 Å². The summed E-state index contributed by atoms with van der Waals surface area (Å²) in [6.07, 6.45) is 0. The Hall–Kier alpha value is -3.62. The summed E-state index contributed by atoms with van der Waals surface area (Å²) in [4.78, 5) is 25.8. The van der Waals surface area contributed by atoms with E-state index in [2.05, 4.69) is 10.6 Å². The molecule has 0 aliphatic rings. The van der Waals surface area contributed by atoms with E-state index in [0.29, 0.717) is 34.3 Å². The number of carbonyl (C=O) groups is 2. The van der Waals surface area contributed by atoms with Crippen molar-refractivity contribution < 1.29 is 33.3 Å². The van der Waals surface area contributed by atoms with Gasteiger partial charge < -0.3 is 34.3 Å². The van der Waals surface area contributed by atoms with Crippen LogP contribution in [-0.4, -0.2) is 53.4 Å². The summed E-state index contributed by atoms with van der Waals surface area (Å²) in [5, 5.41) is 5.67. The first-order valence-electron chi connectivity index (χ1n) is 10.4. The fourth-order valence-electron chi connectivity index (χ4n) is 3.23. The number of hydrogen-bond donors (Lipinski definition) is 2. The lowest BCUT2D eigenvalue weighted by atomic mass is 10.0. The van der Waals surface area contributed by atoms with Crippen LogP contribution in [0.3, 0.4) is 0 Å². The summed E-state index contributed by atoms with van der Waals surface area (Å²) in [5.74, 6) is 1.52. The van der Waals surface area contributed by atoms with Gasteiger partial charge in [0.1, 0.15) is 17.5 Å². The molecule has 0 aliphatic carbocycles. The van der Waals surface area contributed by atoms with E-state index in [1.165, 1.54) is 35.5 Å². The Labute approximate surface area is 194 Å². The molecule has 2 rings (SSSR count). The van der Waals surface area contributed by atoms with Crippen LogP contribution in [0.4, 0.5) is 0 Å². The van der Waals surface area contributed by atoms with Gasteiger partial charge in [-0.1, -0.05) is 13.8 Å². The van der Waals surface area contributed by atoms with Crippen LogP contribution in [0.25, 0.3) is 0 Å². The predicted octanol–water partition coefficient (Wildman–Crippen LogP) is 2.80. The largest absolute Gasteiger partial charge is 0.497 e. The fraction of sp³-hybridized carbons (Fsp3) is 0.417. The highest BCUT2D eigenvalue weighted by atomic mass is 16.5. The van der Waals surface area contributed by atoms with Crippen molar-refractivity contribution in [3.63, 3.8) is 0 Å². The van der Waals surface area contributed by atoms with Gasteiger partial charge in [0.15, 0.2) is 11.5 Å². The average molecular weight is 461 g/mol. The zero-order valence-electron chi connectivity index (χ0n) is 20.1. The van der Waals surface area contributed by atoms with Crippen molar-refractivity contribution in [2.24, 2.45) is 5.92 Å². The fourth-order valence-corrected chi connectivity index (χ4v) is 3.23. The number of nitrogens with one attached hydrogen (secondary N) is 2. The average Bonchev–Trinajstić information content (AvgIpc) is 2.83. The molecule has 0 radical (unpaired) electrons. The standard InChI is InChI=1S/C24H32N2O7/c1-14(2)21(26-23(27)16-10-17(29-3)12-18(11-16)30-4)24(28)25-13-15-8-19(31-5)22(33-7)20(9-15)32-6/h8-12,14,21H,13H2,1-7H3,(H,25,28)(H,26,27)/t21-/m0/s1. The zero-order chi connectivity index (χ0) is 24.5. The molecular formula is C24H32N2O7. The molecule has 1 atom stereocenters. The topological polar surface area (TPSA) is 104 Å². The molecule has 0 saturated heterocycles. The highest BCUT2D eigenvalue weighted by Crippen LogP contribution is 2.38. The van der Waals surface area contributed by atoms with Crippen molar-refractivity contribution in [3.05, 3.63) is 41.5 Å². The molecule has 0 bridgehead atoms. The summed E-state index contributed by atoms with van der Waals surface area (Å²) in [5.41, 5.74) is 1.08. The second-order valence-corrected chi connectivity index (χ2v) is 7.55. The first-order chi connectivity index (χ1) is 15.8. The first-order valence-corrected chi connectivity index (χ1v) is 10.4. The third-order valence-corrected chi connectivity index (χ3v) is 5.04. The number of amides is 2. The van der Waals surface area contributed by atoms with E-state index in [4.69, 9.17) is 23.7 Å². The second kappa shape index (κ2) is 11.8. The SMILES string of the molecule is COc1cc(OC)cc(C(=O)N[C@H](C(=O)NCc2cc(OC)c(OC)c(OC)c2)C(C)C)c1. The molecule has 0 spiro atoms. The van der Waals surface area contributed by atoms with E-state index in [0.717, 1.165) is 5.56 Å². The lowest BCUT2D eigenvalue weighted by molar-refractivity contribution is -0.124. The minimum absolute atomic E-state index is 0.151. The lowest BCUT2D eigenvalue weighted by Crippen LogP contribution is -2.49. The van der Waals surface area contributed by atoms with Crippen LogP contribution in [0.1, 0.15) is 29.8 Å². The van der Waals surface area contributed by atoms with E-state index in [1.807, 2.05) is 13.8 Å². The highest BCUT2D eigenvalue weighted by molar-refractivity contribution is 5.98. The van der Waals surface area contributed by atoms with Gasteiger partial charge in [0.05, 0.1) is 35.5 Å². The zero-order valence-corrected chi connectivity index (χ0v) is 20.1.